The third-order valence-electron chi connectivity index (χ3n) is 2.58. The first-order chi connectivity index (χ1) is 7.61. The second kappa shape index (κ2) is 5.92. The summed E-state index contributed by atoms with van der Waals surface area (Å²) in [5, 5.41) is 3.09. The minimum Gasteiger partial charge on any atom is -0.380 e. The van der Waals surface area contributed by atoms with E-state index >= 15 is 0 Å². The van der Waals surface area contributed by atoms with Crippen molar-refractivity contribution in [3.05, 3.63) is 35.4 Å². The molecule has 1 rings (SSSR count). The van der Waals surface area contributed by atoms with E-state index in [1.807, 2.05) is 13.8 Å². The molecule has 4 heteroatoms. The number of hydrogen-bond donors (Lipinski definition) is 1. The summed E-state index contributed by atoms with van der Waals surface area (Å²) >= 11 is 0. The van der Waals surface area contributed by atoms with Crippen LogP contribution in [0.5, 0.6) is 0 Å². The lowest BCUT2D eigenvalue weighted by Gasteiger charge is -2.24. The Hall–Kier alpha value is -1.00. The number of rotatable bonds is 5. The van der Waals surface area contributed by atoms with Crippen molar-refractivity contribution >= 4 is 0 Å². The topological polar surface area (TPSA) is 21.3 Å². The van der Waals surface area contributed by atoms with Gasteiger partial charge in [-0.3, -0.25) is 0 Å². The summed E-state index contributed by atoms with van der Waals surface area (Å²) in [7, 11) is 1.55. The van der Waals surface area contributed by atoms with Gasteiger partial charge in [0.25, 0.3) is 0 Å². The highest BCUT2D eigenvalue weighted by molar-refractivity contribution is 5.23. The molecule has 90 valence electrons. The fraction of sp³-hybridized carbons (Fsp3) is 0.500. The summed E-state index contributed by atoms with van der Waals surface area (Å²) in [6.07, 6.45) is -0.226. The number of methoxy groups -OCH3 is 1. The zero-order valence-electron chi connectivity index (χ0n) is 9.76. The quantitative estimate of drug-likeness (QED) is 0.838. The Labute approximate surface area is 94.6 Å². The number of ether oxygens (including phenoxy) is 1. The lowest BCUT2D eigenvalue weighted by molar-refractivity contribution is 0.0821. The van der Waals surface area contributed by atoms with Crippen LogP contribution in [-0.4, -0.2) is 19.8 Å². The molecular formula is C12H17F2NO. The Bertz CT molecular complexity index is 344. The lowest BCUT2D eigenvalue weighted by atomic mass is 10.0. The molecule has 0 bridgehead atoms. The molecule has 16 heavy (non-hydrogen) atoms. The van der Waals surface area contributed by atoms with E-state index in [4.69, 9.17) is 4.74 Å². The van der Waals surface area contributed by atoms with E-state index in [1.165, 1.54) is 6.07 Å². The Morgan fingerprint density at radius 1 is 1.38 bits per heavy atom. The molecule has 2 unspecified atom stereocenters. The van der Waals surface area contributed by atoms with Gasteiger partial charge in [-0.15, -0.1) is 0 Å². The molecule has 0 aliphatic rings. The number of likely N-dealkylation sites (N-methyl/N-ethyl adjacent to an activating group) is 1. The van der Waals surface area contributed by atoms with E-state index in [0.29, 0.717) is 12.1 Å². The second-order valence-corrected chi connectivity index (χ2v) is 3.62. The minimum absolute atomic E-state index is 0.226. The molecule has 0 fully saturated rings. The summed E-state index contributed by atoms with van der Waals surface area (Å²) in [5.41, 5.74) is 0.302. The fourth-order valence-electron chi connectivity index (χ4n) is 1.65. The molecule has 0 aliphatic heterocycles. The summed E-state index contributed by atoms with van der Waals surface area (Å²) in [6.45, 7) is 4.39. The standard InChI is InChI=1S/C12H17F2NO/c1-4-15-12(8(2)16-3)9-6-5-7-10(13)11(9)14/h5-8,12,15H,4H2,1-3H3. The lowest BCUT2D eigenvalue weighted by Crippen LogP contribution is -2.32. The maximum absolute atomic E-state index is 13.6. The van der Waals surface area contributed by atoms with Crippen LogP contribution in [-0.2, 0) is 4.74 Å². The molecule has 1 N–H and O–H groups in total. The van der Waals surface area contributed by atoms with E-state index in [2.05, 4.69) is 5.32 Å². The van der Waals surface area contributed by atoms with Crippen molar-refractivity contribution in [2.45, 2.75) is 26.0 Å². The average molecular weight is 229 g/mol. The number of nitrogens with one attached hydrogen (secondary N) is 1. The van der Waals surface area contributed by atoms with Crippen molar-refractivity contribution in [3.63, 3.8) is 0 Å². The number of benzene rings is 1. The van der Waals surface area contributed by atoms with Gasteiger partial charge in [0, 0.05) is 12.7 Å². The predicted octanol–water partition coefficient (Wildman–Crippen LogP) is 2.65. The van der Waals surface area contributed by atoms with Crippen molar-refractivity contribution in [2.75, 3.05) is 13.7 Å². The van der Waals surface area contributed by atoms with E-state index in [-0.39, 0.29) is 12.1 Å². The SMILES string of the molecule is CCNC(c1cccc(F)c1F)C(C)OC. The normalized spacial score (nSPS) is 14.8. The van der Waals surface area contributed by atoms with Gasteiger partial charge in [-0.25, -0.2) is 8.78 Å². The largest absolute Gasteiger partial charge is 0.380 e. The predicted molar refractivity (Wildman–Crippen MR) is 59.2 cm³/mol. The van der Waals surface area contributed by atoms with E-state index in [0.717, 1.165) is 6.07 Å². The van der Waals surface area contributed by atoms with Gasteiger partial charge in [0.1, 0.15) is 0 Å². The fourth-order valence-corrected chi connectivity index (χ4v) is 1.65. The summed E-state index contributed by atoms with van der Waals surface area (Å²) < 4.78 is 31.9. The van der Waals surface area contributed by atoms with Gasteiger partial charge in [-0.1, -0.05) is 19.1 Å². The van der Waals surface area contributed by atoms with Crippen LogP contribution in [0.3, 0.4) is 0 Å². The van der Waals surface area contributed by atoms with Crippen LogP contribution >= 0.6 is 0 Å². The summed E-state index contributed by atoms with van der Waals surface area (Å²) in [6, 6.07) is 3.84. The van der Waals surface area contributed by atoms with Crippen LogP contribution in [0.1, 0.15) is 25.5 Å². The third kappa shape index (κ3) is 2.77. The third-order valence-corrected chi connectivity index (χ3v) is 2.58. The van der Waals surface area contributed by atoms with Crippen LogP contribution < -0.4 is 5.32 Å². The number of halogens is 2. The first-order valence-electron chi connectivity index (χ1n) is 5.31. The highest BCUT2D eigenvalue weighted by atomic mass is 19.2. The second-order valence-electron chi connectivity index (χ2n) is 3.62. The molecule has 1 aromatic rings. The van der Waals surface area contributed by atoms with Gasteiger partial charge < -0.3 is 10.1 Å². The van der Waals surface area contributed by atoms with E-state index in [9.17, 15) is 8.78 Å². The minimum atomic E-state index is -0.830. The van der Waals surface area contributed by atoms with Crippen LogP contribution in [0.2, 0.25) is 0 Å². The summed E-state index contributed by atoms with van der Waals surface area (Å²) in [5.74, 6) is -1.64. The van der Waals surface area contributed by atoms with Gasteiger partial charge in [-0.2, -0.15) is 0 Å². The number of hydrogen-bond acceptors (Lipinski definition) is 2. The van der Waals surface area contributed by atoms with Gasteiger partial charge in [0.05, 0.1) is 12.1 Å². The molecule has 0 heterocycles. The molecule has 2 atom stereocenters. The van der Waals surface area contributed by atoms with Crippen molar-refractivity contribution < 1.29 is 13.5 Å². The maximum Gasteiger partial charge on any atom is 0.163 e. The molecule has 0 saturated heterocycles. The molecule has 0 amide bonds. The molecule has 0 aliphatic carbocycles. The van der Waals surface area contributed by atoms with Crippen LogP contribution in [0.4, 0.5) is 8.78 Å². The Balaban J connectivity index is 3.05. The van der Waals surface area contributed by atoms with Gasteiger partial charge in [0.15, 0.2) is 11.6 Å². The molecule has 0 saturated carbocycles. The zero-order chi connectivity index (χ0) is 12.1. The van der Waals surface area contributed by atoms with Crippen LogP contribution in [0, 0.1) is 11.6 Å². The van der Waals surface area contributed by atoms with Crippen molar-refractivity contribution in [1.29, 1.82) is 0 Å². The average Bonchev–Trinajstić information content (AvgIpc) is 2.29. The van der Waals surface area contributed by atoms with Crippen molar-refractivity contribution in [1.82, 2.24) is 5.32 Å². The van der Waals surface area contributed by atoms with Crippen LogP contribution in [0.25, 0.3) is 0 Å². The maximum atomic E-state index is 13.6. The smallest absolute Gasteiger partial charge is 0.163 e. The Morgan fingerprint density at radius 3 is 2.62 bits per heavy atom. The molecule has 1 aromatic carbocycles. The Kier molecular flexibility index (Phi) is 4.83. The highest BCUT2D eigenvalue weighted by Crippen LogP contribution is 2.23. The highest BCUT2D eigenvalue weighted by Gasteiger charge is 2.22. The molecule has 0 spiro atoms. The van der Waals surface area contributed by atoms with Gasteiger partial charge >= 0.3 is 0 Å². The monoisotopic (exact) mass is 229 g/mol. The molecular weight excluding hydrogens is 212 g/mol. The molecule has 0 radical (unpaired) electrons. The van der Waals surface area contributed by atoms with Crippen molar-refractivity contribution in [2.24, 2.45) is 0 Å². The van der Waals surface area contributed by atoms with E-state index < -0.39 is 11.6 Å². The zero-order valence-corrected chi connectivity index (χ0v) is 9.76. The van der Waals surface area contributed by atoms with Crippen LogP contribution in [0.15, 0.2) is 18.2 Å². The van der Waals surface area contributed by atoms with Gasteiger partial charge in [0.2, 0.25) is 0 Å². The molecule has 0 aromatic heterocycles. The first kappa shape index (κ1) is 13.1. The Morgan fingerprint density at radius 2 is 2.06 bits per heavy atom. The van der Waals surface area contributed by atoms with Gasteiger partial charge in [-0.05, 0) is 19.5 Å². The van der Waals surface area contributed by atoms with E-state index in [1.54, 1.807) is 13.2 Å². The first-order valence-corrected chi connectivity index (χ1v) is 5.31. The molecule has 2 nitrogen and oxygen atoms in total. The van der Waals surface area contributed by atoms with Crippen molar-refractivity contribution in [3.8, 4) is 0 Å². The summed E-state index contributed by atoms with van der Waals surface area (Å²) in [4.78, 5) is 0.